The second-order valence-corrected chi connectivity index (χ2v) is 4.96. The van der Waals surface area contributed by atoms with Crippen molar-refractivity contribution in [3.63, 3.8) is 0 Å². The number of rotatable bonds is 9. The molecule has 0 fully saturated rings. The standard InChI is InChI=1S/C16H28N2O/c1-4-13-6-7-16(19-3)15(10-13)8-9-18-12-14(5-2)11-17/h6-7,10,14,18H,4-5,8-9,11-12,17H2,1-3H3. The van der Waals surface area contributed by atoms with Gasteiger partial charge in [0.1, 0.15) is 5.75 Å². The van der Waals surface area contributed by atoms with Crippen LogP contribution in [0.25, 0.3) is 0 Å². The van der Waals surface area contributed by atoms with Gasteiger partial charge in [0.25, 0.3) is 0 Å². The minimum atomic E-state index is 0.587. The summed E-state index contributed by atoms with van der Waals surface area (Å²) < 4.78 is 5.42. The van der Waals surface area contributed by atoms with Gasteiger partial charge in [-0.2, -0.15) is 0 Å². The van der Waals surface area contributed by atoms with E-state index in [2.05, 4.69) is 37.4 Å². The second kappa shape index (κ2) is 8.94. The van der Waals surface area contributed by atoms with Gasteiger partial charge in [0, 0.05) is 0 Å². The number of nitrogens with one attached hydrogen (secondary N) is 1. The van der Waals surface area contributed by atoms with Crippen molar-refractivity contribution in [1.82, 2.24) is 5.32 Å². The highest BCUT2D eigenvalue weighted by Gasteiger charge is 2.05. The van der Waals surface area contributed by atoms with E-state index in [0.717, 1.165) is 44.6 Å². The van der Waals surface area contributed by atoms with Gasteiger partial charge >= 0.3 is 0 Å². The summed E-state index contributed by atoms with van der Waals surface area (Å²) in [7, 11) is 1.74. The minimum Gasteiger partial charge on any atom is -0.496 e. The number of hydrogen-bond acceptors (Lipinski definition) is 3. The highest BCUT2D eigenvalue weighted by Crippen LogP contribution is 2.20. The summed E-state index contributed by atoms with van der Waals surface area (Å²) in [6.45, 7) is 7.10. The summed E-state index contributed by atoms with van der Waals surface area (Å²) >= 11 is 0. The molecule has 1 atom stereocenters. The van der Waals surface area contributed by atoms with Crippen molar-refractivity contribution in [3.8, 4) is 5.75 Å². The molecule has 0 saturated heterocycles. The monoisotopic (exact) mass is 264 g/mol. The Morgan fingerprint density at radius 1 is 1.32 bits per heavy atom. The zero-order valence-electron chi connectivity index (χ0n) is 12.5. The Hall–Kier alpha value is -1.06. The van der Waals surface area contributed by atoms with E-state index in [9.17, 15) is 0 Å². The first-order chi connectivity index (χ1) is 9.24. The molecule has 1 rings (SSSR count). The van der Waals surface area contributed by atoms with E-state index >= 15 is 0 Å². The number of ether oxygens (including phenoxy) is 1. The first-order valence-corrected chi connectivity index (χ1v) is 7.31. The van der Waals surface area contributed by atoms with Crippen molar-refractivity contribution >= 4 is 0 Å². The van der Waals surface area contributed by atoms with Gasteiger partial charge in [-0.05, 0) is 55.6 Å². The number of benzene rings is 1. The molecule has 1 aromatic rings. The van der Waals surface area contributed by atoms with Crippen LogP contribution in [0.2, 0.25) is 0 Å². The van der Waals surface area contributed by atoms with E-state index in [1.165, 1.54) is 11.1 Å². The third-order valence-corrected chi connectivity index (χ3v) is 3.67. The lowest BCUT2D eigenvalue weighted by Gasteiger charge is -2.14. The molecule has 0 aliphatic carbocycles. The Balaban J connectivity index is 2.47. The lowest BCUT2D eigenvalue weighted by Crippen LogP contribution is -2.29. The molecule has 19 heavy (non-hydrogen) atoms. The van der Waals surface area contributed by atoms with E-state index in [1.807, 2.05) is 0 Å². The van der Waals surface area contributed by atoms with Gasteiger partial charge < -0.3 is 15.8 Å². The van der Waals surface area contributed by atoms with Crippen molar-refractivity contribution < 1.29 is 4.74 Å². The smallest absolute Gasteiger partial charge is 0.122 e. The van der Waals surface area contributed by atoms with Crippen molar-refractivity contribution in [2.75, 3.05) is 26.7 Å². The first kappa shape index (κ1) is 16.0. The fourth-order valence-corrected chi connectivity index (χ4v) is 2.17. The summed E-state index contributed by atoms with van der Waals surface area (Å²) in [5.41, 5.74) is 8.35. The van der Waals surface area contributed by atoms with Gasteiger partial charge in [-0.15, -0.1) is 0 Å². The second-order valence-electron chi connectivity index (χ2n) is 4.96. The van der Waals surface area contributed by atoms with E-state index in [1.54, 1.807) is 7.11 Å². The molecule has 0 aliphatic rings. The molecule has 0 saturated carbocycles. The lowest BCUT2D eigenvalue weighted by atomic mass is 10.0. The van der Waals surface area contributed by atoms with Gasteiger partial charge in [-0.25, -0.2) is 0 Å². The molecule has 3 N–H and O–H groups in total. The summed E-state index contributed by atoms with van der Waals surface area (Å²) in [5, 5.41) is 3.49. The molecule has 0 bridgehead atoms. The van der Waals surface area contributed by atoms with Crippen molar-refractivity contribution in [1.29, 1.82) is 0 Å². The molecule has 0 spiro atoms. The van der Waals surface area contributed by atoms with E-state index in [-0.39, 0.29) is 0 Å². The third kappa shape index (κ3) is 5.21. The van der Waals surface area contributed by atoms with Crippen LogP contribution < -0.4 is 15.8 Å². The highest BCUT2D eigenvalue weighted by atomic mass is 16.5. The van der Waals surface area contributed by atoms with Gasteiger partial charge in [-0.1, -0.05) is 32.4 Å². The van der Waals surface area contributed by atoms with Gasteiger partial charge in [0.15, 0.2) is 0 Å². The predicted molar refractivity (Wildman–Crippen MR) is 81.8 cm³/mol. The molecule has 0 radical (unpaired) electrons. The first-order valence-electron chi connectivity index (χ1n) is 7.31. The predicted octanol–water partition coefficient (Wildman–Crippen LogP) is 2.37. The highest BCUT2D eigenvalue weighted by molar-refractivity contribution is 5.37. The number of hydrogen-bond donors (Lipinski definition) is 2. The fraction of sp³-hybridized carbons (Fsp3) is 0.625. The molecule has 0 aromatic heterocycles. The van der Waals surface area contributed by atoms with Crippen LogP contribution in [0.5, 0.6) is 5.75 Å². The van der Waals surface area contributed by atoms with E-state index in [0.29, 0.717) is 5.92 Å². The van der Waals surface area contributed by atoms with Crippen LogP contribution in [0.15, 0.2) is 18.2 Å². The van der Waals surface area contributed by atoms with Crippen LogP contribution in [0.4, 0.5) is 0 Å². The van der Waals surface area contributed by atoms with Gasteiger partial charge in [0.2, 0.25) is 0 Å². The molecule has 1 aromatic carbocycles. The summed E-state index contributed by atoms with van der Waals surface area (Å²) in [6, 6.07) is 6.46. The van der Waals surface area contributed by atoms with Crippen LogP contribution >= 0.6 is 0 Å². The molecule has 0 amide bonds. The summed E-state index contributed by atoms with van der Waals surface area (Å²) in [5.74, 6) is 1.58. The van der Waals surface area contributed by atoms with Crippen LogP contribution in [0, 0.1) is 5.92 Å². The fourth-order valence-electron chi connectivity index (χ4n) is 2.17. The molecule has 3 heteroatoms. The normalized spacial score (nSPS) is 12.4. The summed E-state index contributed by atoms with van der Waals surface area (Å²) in [4.78, 5) is 0. The largest absolute Gasteiger partial charge is 0.496 e. The van der Waals surface area contributed by atoms with Crippen LogP contribution in [-0.2, 0) is 12.8 Å². The number of nitrogens with two attached hydrogens (primary N) is 1. The Morgan fingerprint density at radius 2 is 2.11 bits per heavy atom. The minimum absolute atomic E-state index is 0.587. The molecular weight excluding hydrogens is 236 g/mol. The molecule has 0 aliphatic heterocycles. The van der Waals surface area contributed by atoms with Crippen molar-refractivity contribution in [3.05, 3.63) is 29.3 Å². The Labute approximate surface area is 117 Å². The average molecular weight is 264 g/mol. The lowest BCUT2D eigenvalue weighted by molar-refractivity contribution is 0.408. The molecular formula is C16H28N2O. The number of methoxy groups -OCH3 is 1. The maximum Gasteiger partial charge on any atom is 0.122 e. The van der Waals surface area contributed by atoms with Crippen LogP contribution in [-0.4, -0.2) is 26.7 Å². The van der Waals surface area contributed by atoms with Crippen LogP contribution in [0.3, 0.4) is 0 Å². The molecule has 0 heterocycles. The number of aryl methyl sites for hydroxylation is 1. The van der Waals surface area contributed by atoms with Gasteiger partial charge in [0.05, 0.1) is 7.11 Å². The topological polar surface area (TPSA) is 47.3 Å². The zero-order valence-corrected chi connectivity index (χ0v) is 12.5. The quantitative estimate of drug-likeness (QED) is 0.673. The SMILES string of the molecule is CCc1ccc(OC)c(CCNCC(CC)CN)c1. The Morgan fingerprint density at radius 3 is 2.68 bits per heavy atom. The van der Waals surface area contributed by atoms with Crippen molar-refractivity contribution in [2.45, 2.75) is 33.1 Å². The maximum atomic E-state index is 5.70. The molecule has 1 unspecified atom stereocenters. The van der Waals surface area contributed by atoms with Gasteiger partial charge in [-0.3, -0.25) is 0 Å². The molecule has 3 nitrogen and oxygen atoms in total. The van der Waals surface area contributed by atoms with Crippen LogP contribution in [0.1, 0.15) is 31.4 Å². The van der Waals surface area contributed by atoms with E-state index in [4.69, 9.17) is 10.5 Å². The maximum absolute atomic E-state index is 5.70. The molecule has 108 valence electrons. The Kier molecular flexibility index (Phi) is 7.53. The summed E-state index contributed by atoms with van der Waals surface area (Å²) in [6.07, 6.45) is 3.20. The Bertz CT molecular complexity index is 362. The van der Waals surface area contributed by atoms with Crippen molar-refractivity contribution in [2.24, 2.45) is 11.7 Å². The van der Waals surface area contributed by atoms with E-state index < -0.39 is 0 Å². The average Bonchev–Trinajstić information content (AvgIpc) is 2.47. The third-order valence-electron chi connectivity index (χ3n) is 3.67. The zero-order chi connectivity index (χ0) is 14.1.